The predicted molar refractivity (Wildman–Crippen MR) is 65.2 cm³/mol. The molecule has 0 aromatic heterocycles. The first-order valence-corrected chi connectivity index (χ1v) is 6.15. The van der Waals surface area contributed by atoms with Crippen LogP contribution in [0.1, 0.15) is 36.8 Å². The van der Waals surface area contributed by atoms with Gasteiger partial charge in [-0.15, -0.1) is 0 Å². The third-order valence-electron chi connectivity index (χ3n) is 3.35. The minimum atomic E-state index is -0.791. The zero-order valence-electron chi connectivity index (χ0n) is 10.1. The van der Waals surface area contributed by atoms with E-state index in [1.165, 1.54) is 5.56 Å². The van der Waals surface area contributed by atoms with Crippen LogP contribution in [-0.4, -0.2) is 23.8 Å². The summed E-state index contributed by atoms with van der Waals surface area (Å²) in [6.45, 7) is 2.77. The van der Waals surface area contributed by atoms with Crippen molar-refractivity contribution in [2.24, 2.45) is 0 Å². The summed E-state index contributed by atoms with van der Waals surface area (Å²) in [4.78, 5) is 11.4. The van der Waals surface area contributed by atoms with Gasteiger partial charge in [-0.3, -0.25) is 4.79 Å². The number of carboxylic acid groups (broad SMARTS) is 1. The largest absolute Gasteiger partial charge is 0.481 e. The molecule has 92 valence electrons. The molecule has 0 bridgehead atoms. The molecule has 1 saturated heterocycles. The van der Waals surface area contributed by atoms with E-state index in [0.29, 0.717) is 6.61 Å². The normalized spacial score (nSPS) is 21.4. The fourth-order valence-corrected chi connectivity index (χ4v) is 2.34. The first-order chi connectivity index (χ1) is 8.22. The van der Waals surface area contributed by atoms with E-state index in [4.69, 9.17) is 4.74 Å². The van der Waals surface area contributed by atoms with Crippen LogP contribution in [0.5, 0.6) is 0 Å². The summed E-state index contributed by atoms with van der Waals surface area (Å²) in [5.74, 6) is -1.32. The molecule has 1 aliphatic rings. The van der Waals surface area contributed by atoms with Crippen LogP contribution in [0.3, 0.4) is 0 Å². The van der Waals surface area contributed by atoms with Gasteiger partial charge in [-0.1, -0.05) is 31.2 Å². The highest BCUT2D eigenvalue weighted by Crippen LogP contribution is 2.29. The highest BCUT2D eigenvalue weighted by molar-refractivity contribution is 5.77. The standard InChI is InChI=1S/C14H18O3/c1-2-10-5-7-11(8-6-10)13(14(15)16)12-4-3-9-17-12/h5-8,12-13H,2-4,9H2,1H3,(H,15,16). The maximum absolute atomic E-state index is 11.4. The molecule has 3 heteroatoms. The number of hydrogen-bond acceptors (Lipinski definition) is 2. The SMILES string of the molecule is CCc1ccc(C(C(=O)O)C2CCCO2)cc1. The zero-order valence-corrected chi connectivity index (χ0v) is 10.1. The van der Waals surface area contributed by atoms with Gasteiger partial charge in [0.15, 0.2) is 0 Å². The molecule has 1 aromatic rings. The summed E-state index contributed by atoms with van der Waals surface area (Å²) in [6.07, 6.45) is 2.60. The topological polar surface area (TPSA) is 46.5 Å². The van der Waals surface area contributed by atoms with Crippen molar-refractivity contribution in [2.75, 3.05) is 6.61 Å². The van der Waals surface area contributed by atoms with E-state index in [2.05, 4.69) is 6.92 Å². The van der Waals surface area contributed by atoms with Crippen molar-refractivity contribution in [3.63, 3.8) is 0 Å². The number of aliphatic carboxylic acids is 1. The van der Waals surface area contributed by atoms with Crippen LogP contribution in [-0.2, 0) is 16.0 Å². The molecule has 0 spiro atoms. The Bertz CT molecular complexity index is 377. The van der Waals surface area contributed by atoms with Crippen molar-refractivity contribution in [1.82, 2.24) is 0 Å². The molecule has 1 heterocycles. The molecule has 0 amide bonds. The summed E-state index contributed by atoms with van der Waals surface area (Å²) < 4.78 is 5.51. The quantitative estimate of drug-likeness (QED) is 0.871. The van der Waals surface area contributed by atoms with Crippen LogP contribution in [0.15, 0.2) is 24.3 Å². The summed E-state index contributed by atoms with van der Waals surface area (Å²) in [5.41, 5.74) is 2.08. The van der Waals surface area contributed by atoms with Crippen molar-refractivity contribution in [1.29, 1.82) is 0 Å². The van der Waals surface area contributed by atoms with E-state index < -0.39 is 11.9 Å². The number of benzene rings is 1. The molecule has 0 radical (unpaired) electrons. The second kappa shape index (κ2) is 5.32. The maximum Gasteiger partial charge on any atom is 0.313 e. The Kier molecular flexibility index (Phi) is 3.79. The lowest BCUT2D eigenvalue weighted by Gasteiger charge is -2.19. The Hall–Kier alpha value is -1.35. The van der Waals surface area contributed by atoms with Crippen molar-refractivity contribution in [2.45, 2.75) is 38.2 Å². The molecule has 2 atom stereocenters. The smallest absolute Gasteiger partial charge is 0.313 e. The minimum absolute atomic E-state index is 0.167. The number of carbonyl (C=O) groups is 1. The van der Waals surface area contributed by atoms with Crippen molar-refractivity contribution < 1.29 is 14.6 Å². The summed E-state index contributed by atoms with van der Waals surface area (Å²) in [5, 5.41) is 9.33. The Labute approximate surface area is 101 Å². The number of aryl methyl sites for hydroxylation is 1. The molecule has 1 aromatic carbocycles. The average molecular weight is 234 g/mol. The molecule has 0 aliphatic carbocycles. The highest BCUT2D eigenvalue weighted by atomic mass is 16.5. The van der Waals surface area contributed by atoms with E-state index in [1.54, 1.807) is 0 Å². The second-order valence-electron chi connectivity index (χ2n) is 4.46. The number of carboxylic acids is 1. The summed E-state index contributed by atoms with van der Waals surface area (Å²) in [7, 11) is 0. The lowest BCUT2D eigenvalue weighted by molar-refractivity contribution is -0.141. The van der Waals surface area contributed by atoms with Gasteiger partial charge in [-0.05, 0) is 30.4 Å². The van der Waals surface area contributed by atoms with Gasteiger partial charge in [-0.2, -0.15) is 0 Å². The fourth-order valence-electron chi connectivity index (χ4n) is 2.34. The van der Waals surface area contributed by atoms with E-state index in [0.717, 1.165) is 24.8 Å². The van der Waals surface area contributed by atoms with Gasteiger partial charge in [0.05, 0.1) is 6.10 Å². The van der Waals surface area contributed by atoms with Gasteiger partial charge in [0.25, 0.3) is 0 Å². The zero-order chi connectivity index (χ0) is 12.3. The van der Waals surface area contributed by atoms with Gasteiger partial charge < -0.3 is 9.84 Å². The number of ether oxygens (including phenoxy) is 1. The molecule has 3 nitrogen and oxygen atoms in total. The summed E-state index contributed by atoms with van der Waals surface area (Å²) >= 11 is 0. The molecule has 0 saturated carbocycles. The first kappa shape index (κ1) is 12.1. The Morgan fingerprint density at radius 3 is 2.65 bits per heavy atom. The van der Waals surface area contributed by atoms with Crippen LogP contribution in [0.4, 0.5) is 0 Å². The number of rotatable bonds is 4. The van der Waals surface area contributed by atoms with Crippen LogP contribution < -0.4 is 0 Å². The third-order valence-corrected chi connectivity index (χ3v) is 3.35. The van der Waals surface area contributed by atoms with E-state index in [9.17, 15) is 9.90 Å². The van der Waals surface area contributed by atoms with Gasteiger partial charge in [0.2, 0.25) is 0 Å². The van der Waals surface area contributed by atoms with E-state index in [1.807, 2.05) is 24.3 Å². The van der Waals surface area contributed by atoms with E-state index in [-0.39, 0.29) is 6.10 Å². The van der Waals surface area contributed by atoms with Crippen molar-refractivity contribution >= 4 is 5.97 Å². The molecule has 2 rings (SSSR count). The predicted octanol–water partition coefficient (Wildman–Crippen LogP) is 2.60. The van der Waals surface area contributed by atoms with Gasteiger partial charge in [0.1, 0.15) is 5.92 Å². The molecule has 1 fully saturated rings. The fraction of sp³-hybridized carbons (Fsp3) is 0.500. The molecule has 1 N–H and O–H groups in total. The van der Waals surface area contributed by atoms with Crippen LogP contribution in [0.2, 0.25) is 0 Å². The van der Waals surface area contributed by atoms with Gasteiger partial charge in [0, 0.05) is 6.61 Å². The molecule has 1 aliphatic heterocycles. The monoisotopic (exact) mass is 234 g/mol. The molecule has 2 unspecified atom stereocenters. The van der Waals surface area contributed by atoms with Crippen molar-refractivity contribution in [3.05, 3.63) is 35.4 Å². The lowest BCUT2D eigenvalue weighted by atomic mass is 9.91. The summed E-state index contributed by atoms with van der Waals surface area (Å²) in [6, 6.07) is 7.83. The Morgan fingerprint density at radius 1 is 1.47 bits per heavy atom. The molecule has 17 heavy (non-hydrogen) atoms. The first-order valence-electron chi connectivity index (χ1n) is 6.15. The van der Waals surface area contributed by atoms with Gasteiger partial charge >= 0.3 is 5.97 Å². The van der Waals surface area contributed by atoms with Crippen LogP contribution >= 0.6 is 0 Å². The average Bonchev–Trinajstić information content (AvgIpc) is 2.83. The van der Waals surface area contributed by atoms with E-state index >= 15 is 0 Å². The lowest BCUT2D eigenvalue weighted by Crippen LogP contribution is -2.25. The molecular formula is C14H18O3. The molecular weight excluding hydrogens is 216 g/mol. The van der Waals surface area contributed by atoms with Gasteiger partial charge in [-0.25, -0.2) is 0 Å². The minimum Gasteiger partial charge on any atom is -0.481 e. The Morgan fingerprint density at radius 2 is 2.18 bits per heavy atom. The van der Waals surface area contributed by atoms with Crippen LogP contribution in [0.25, 0.3) is 0 Å². The maximum atomic E-state index is 11.4. The third kappa shape index (κ3) is 2.67. The second-order valence-corrected chi connectivity index (χ2v) is 4.46. The highest BCUT2D eigenvalue weighted by Gasteiger charge is 2.32. The number of hydrogen-bond donors (Lipinski definition) is 1. The Balaban J connectivity index is 2.22. The van der Waals surface area contributed by atoms with Crippen molar-refractivity contribution in [3.8, 4) is 0 Å². The van der Waals surface area contributed by atoms with Crippen LogP contribution in [0, 0.1) is 0 Å².